The molecule has 4 nitrogen and oxygen atoms in total. The quantitative estimate of drug-likeness (QED) is 0.730. The summed E-state index contributed by atoms with van der Waals surface area (Å²) in [5.41, 5.74) is 0. The second-order valence-electron chi connectivity index (χ2n) is 4.91. The van der Waals surface area contributed by atoms with Gasteiger partial charge < -0.3 is 9.84 Å². The van der Waals surface area contributed by atoms with Gasteiger partial charge in [-0.3, -0.25) is 9.59 Å². The van der Waals surface area contributed by atoms with Crippen LogP contribution in [0, 0.1) is 17.8 Å². The third-order valence-electron chi connectivity index (χ3n) is 2.59. The fourth-order valence-electron chi connectivity index (χ4n) is 1.42. The molecule has 0 radical (unpaired) electrons. The van der Waals surface area contributed by atoms with E-state index in [2.05, 4.69) is 0 Å². The zero-order chi connectivity index (χ0) is 15.2. The molecule has 1 N–H and O–H groups in total. The molecule has 0 heterocycles. The van der Waals surface area contributed by atoms with Gasteiger partial charge in [0.2, 0.25) is 0 Å². The van der Waals surface area contributed by atoms with E-state index in [1.54, 1.807) is 13.8 Å². The number of carbonyl (C=O) groups is 2. The zero-order valence-electron chi connectivity index (χ0n) is 11.2. The summed E-state index contributed by atoms with van der Waals surface area (Å²) in [7, 11) is 0. The van der Waals surface area contributed by atoms with Crippen LogP contribution < -0.4 is 0 Å². The highest BCUT2D eigenvalue weighted by Gasteiger charge is 2.36. The van der Waals surface area contributed by atoms with E-state index < -0.39 is 42.8 Å². The van der Waals surface area contributed by atoms with Gasteiger partial charge in [-0.25, -0.2) is 0 Å². The number of hydrogen-bond donors (Lipinski definition) is 1. The highest BCUT2D eigenvalue weighted by atomic mass is 19.4. The lowest BCUT2D eigenvalue weighted by atomic mass is 9.89. The molecule has 2 atom stereocenters. The average molecular weight is 284 g/mol. The van der Waals surface area contributed by atoms with Crippen LogP contribution in [0.25, 0.3) is 0 Å². The standard InChI is InChI=1S/C12H19F3O4/c1-7(2)6-19-11(18)9(8(3)10(16)17)4-5-12(13,14)15/h7-9H,4-6H2,1-3H3,(H,16,17). The summed E-state index contributed by atoms with van der Waals surface area (Å²) in [6.45, 7) is 4.82. The van der Waals surface area contributed by atoms with Crippen LogP contribution in [-0.2, 0) is 14.3 Å². The van der Waals surface area contributed by atoms with Crippen LogP contribution in [0.1, 0.15) is 33.6 Å². The fraction of sp³-hybridized carbons (Fsp3) is 0.833. The molecule has 0 spiro atoms. The molecule has 0 amide bonds. The van der Waals surface area contributed by atoms with Gasteiger partial charge in [0.25, 0.3) is 0 Å². The van der Waals surface area contributed by atoms with Gasteiger partial charge in [0.15, 0.2) is 0 Å². The summed E-state index contributed by atoms with van der Waals surface area (Å²) >= 11 is 0. The zero-order valence-corrected chi connectivity index (χ0v) is 11.2. The minimum absolute atomic E-state index is 0.0346. The lowest BCUT2D eigenvalue weighted by Gasteiger charge is -2.20. The Morgan fingerprint density at radius 3 is 2.11 bits per heavy atom. The number of carboxylic acids is 1. The van der Waals surface area contributed by atoms with Crippen LogP contribution >= 0.6 is 0 Å². The molecule has 0 aromatic rings. The van der Waals surface area contributed by atoms with Crippen molar-refractivity contribution in [3.63, 3.8) is 0 Å². The maximum absolute atomic E-state index is 12.2. The van der Waals surface area contributed by atoms with Crippen LogP contribution in [0.2, 0.25) is 0 Å². The Kier molecular flexibility index (Phi) is 6.86. The van der Waals surface area contributed by atoms with Gasteiger partial charge in [-0.2, -0.15) is 13.2 Å². The normalized spacial score (nSPS) is 15.1. The van der Waals surface area contributed by atoms with Gasteiger partial charge >= 0.3 is 18.1 Å². The molecule has 0 saturated carbocycles. The minimum Gasteiger partial charge on any atom is -0.481 e. The first-order valence-corrected chi connectivity index (χ1v) is 6.00. The maximum atomic E-state index is 12.2. The number of alkyl halides is 3. The Morgan fingerprint density at radius 1 is 1.21 bits per heavy atom. The minimum atomic E-state index is -4.42. The van der Waals surface area contributed by atoms with Crippen LogP contribution in [0.5, 0.6) is 0 Å². The van der Waals surface area contributed by atoms with E-state index in [1.165, 1.54) is 6.92 Å². The van der Waals surface area contributed by atoms with E-state index in [4.69, 9.17) is 9.84 Å². The van der Waals surface area contributed by atoms with Crippen molar-refractivity contribution in [3.05, 3.63) is 0 Å². The maximum Gasteiger partial charge on any atom is 0.389 e. The molecule has 0 aliphatic heterocycles. The van der Waals surface area contributed by atoms with Crippen LogP contribution in [0.3, 0.4) is 0 Å². The number of hydrogen-bond acceptors (Lipinski definition) is 3. The number of halogens is 3. The summed E-state index contributed by atoms with van der Waals surface area (Å²) < 4.78 is 41.3. The van der Waals surface area contributed by atoms with Crippen molar-refractivity contribution >= 4 is 11.9 Å². The monoisotopic (exact) mass is 284 g/mol. The summed E-state index contributed by atoms with van der Waals surface area (Å²) in [6.07, 6.45) is -6.20. The van der Waals surface area contributed by atoms with Crippen molar-refractivity contribution in [2.45, 2.75) is 39.8 Å². The van der Waals surface area contributed by atoms with Gasteiger partial charge in [0, 0.05) is 6.42 Å². The van der Waals surface area contributed by atoms with E-state index in [1.807, 2.05) is 0 Å². The van der Waals surface area contributed by atoms with Gasteiger partial charge in [0.1, 0.15) is 0 Å². The molecule has 0 saturated heterocycles. The lowest BCUT2D eigenvalue weighted by molar-refractivity contribution is -0.163. The molecule has 0 aliphatic rings. The molecule has 0 aromatic heterocycles. The van der Waals surface area contributed by atoms with Gasteiger partial charge in [-0.1, -0.05) is 20.8 Å². The number of aliphatic carboxylic acids is 1. The SMILES string of the molecule is CC(C)COC(=O)C(CCC(F)(F)F)C(C)C(=O)O. The van der Waals surface area contributed by atoms with Crippen molar-refractivity contribution < 1.29 is 32.6 Å². The Bertz CT molecular complexity index is 313. The third kappa shape index (κ3) is 7.69. The van der Waals surface area contributed by atoms with Crippen molar-refractivity contribution in [1.82, 2.24) is 0 Å². The Balaban J connectivity index is 4.66. The molecule has 112 valence electrons. The largest absolute Gasteiger partial charge is 0.481 e. The average Bonchev–Trinajstić information content (AvgIpc) is 2.24. The summed E-state index contributed by atoms with van der Waals surface area (Å²) in [6, 6.07) is 0. The first-order valence-electron chi connectivity index (χ1n) is 6.00. The van der Waals surface area contributed by atoms with Gasteiger partial charge in [0.05, 0.1) is 18.4 Å². The number of ether oxygens (including phenoxy) is 1. The first kappa shape index (κ1) is 17.7. The predicted octanol–water partition coefficient (Wildman–Crippen LogP) is 2.87. The van der Waals surface area contributed by atoms with Crippen LogP contribution in [0.4, 0.5) is 13.2 Å². The molecular weight excluding hydrogens is 265 g/mol. The molecule has 0 bridgehead atoms. The Hall–Kier alpha value is -1.27. The summed E-state index contributed by atoms with van der Waals surface area (Å²) in [5, 5.41) is 8.82. The second-order valence-corrected chi connectivity index (χ2v) is 4.91. The van der Waals surface area contributed by atoms with Crippen LogP contribution in [0.15, 0.2) is 0 Å². The van der Waals surface area contributed by atoms with E-state index in [0.717, 1.165) is 0 Å². The lowest BCUT2D eigenvalue weighted by Crippen LogP contribution is -2.31. The molecular formula is C12H19F3O4. The number of carboxylic acid groups (broad SMARTS) is 1. The molecule has 0 aliphatic carbocycles. The topological polar surface area (TPSA) is 63.6 Å². The number of carbonyl (C=O) groups excluding carboxylic acids is 1. The summed E-state index contributed by atoms with van der Waals surface area (Å²) in [5.74, 6) is -4.64. The third-order valence-corrected chi connectivity index (χ3v) is 2.59. The Morgan fingerprint density at radius 2 is 1.74 bits per heavy atom. The first-order chi connectivity index (χ1) is 8.54. The van der Waals surface area contributed by atoms with Gasteiger partial charge in [-0.15, -0.1) is 0 Å². The number of esters is 1. The smallest absolute Gasteiger partial charge is 0.389 e. The van der Waals surface area contributed by atoms with Gasteiger partial charge in [-0.05, 0) is 12.3 Å². The molecule has 0 aromatic carbocycles. The van der Waals surface area contributed by atoms with Crippen molar-refractivity contribution in [2.24, 2.45) is 17.8 Å². The van der Waals surface area contributed by atoms with E-state index in [9.17, 15) is 22.8 Å². The van der Waals surface area contributed by atoms with E-state index in [0.29, 0.717) is 0 Å². The van der Waals surface area contributed by atoms with E-state index in [-0.39, 0.29) is 12.5 Å². The fourth-order valence-corrected chi connectivity index (χ4v) is 1.42. The molecule has 7 heteroatoms. The predicted molar refractivity (Wildman–Crippen MR) is 61.4 cm³/mol. The molecule has 0 rings (SSSR count). The van der Waals surface area contributed by atoms with E-state index >= 15 is 0 Å². The highest BCUT2D eigenvalue weighted by Crippen LogP contribution is 2.28. The van der Waals surface area contributed by atoms with Crippen molar-refractivity contribution in [3.8, 4) is 0 Å². The highest BCUT2D eigenvalue weighted by molar-refractivity contribution is 5.80. The molecule has 2 unspecified atom stereocenters. The van der Waals surface area contributed by atoms with Crippen molar-refractivity contribution in [1.29, 1.82) is 0 Å². The molecule has 19 heavy (non-hydrogen) atoms. The van der Waals surface area contributed by atoms with Crippen molar-refractivity contribution in [2.75, 3.05) is 6.61 Å². The summed E-state index contributed by atoms with van der Waals surface area (Å²) in [4.78, 5) is 22.5. The van der Waals surface area contributed by atoms with Crippen LogP contribution in [-0.4, -0.2) is 29.8 Å². The molecule has 0 fully saturated rings. The second kappa shape index (κ2) is 7.35. The Labute approximate surface area is 109 Å². The number of rotatable bonds is 7.